The van der Waals surface area contributed by atoms with Gasteiger partial charge in [0.1, 0.15) is 0 Å². The zero-order valence-electron chi connectivity index (χ0n) is 20.5. The van der Waals surface area contributed by atoms with E-state index in [1.54, 1.807) is 0 Å². The summed E-state index contributed by atoms with van der Waals surface area (Å²) in [5.74, 6) is -11.0. The molecule has 10 heteroatoms. The SMILES string of the molecule is O=C(Cc1c(F)c(F)c(F)c(F)c1F)Nc1nc2c(nc1CC1CCCCC1)-c1ccc(CO)cc1CC2. The normalized spacial score (nSPS) is 15.2. The van der Waals surface area contributed by atoms with Gasteiger partial charge in [-0.2, -0.15) is 0 Å². The highest BCUT2D eigenvalue weighted by atomic mass is 19.2. The molecule has 1 heterocycles. The second-order valence-corrected chi connectivity index (χ2v) is 9.95. The Morgan fingerprint density at radius 3 is 2.29 bits per heavy atom. The van der Waals surface area contributed by atoms with Crippen LogP contribution in [0.25, 0.3) is 11.3 Å². The van der Waals surface area contributed by atoms with Gasteiger partial charge in [-0.3, -0.25) is 4.79 Å². The third kappa shape index (κ3) is 5.01. The minimum atomic E-state index is -2.27. The number of carbonyl (C=O) groups excluding carboxylic acids is 1. The molecule has 2 aliphatic rings. The van der Waals surface area contributed by atoms with E-state index in [0.29, 0.717) is 42.3 Å². The van der Waals surface area contributed by atoms with Crippen molar-refractivity contribution in [3.05, 3.63) is 75.4 Å². The Hall–Kier alpha value is -3.40. The zero-order valence-corrected chi connectivity index (χ0v) is 20.5. The summed E-state index contributed by atoms with van der Waals surface area (Å²) in [5, 5.41) is 12.0. The molecular formula is C28H26F5N3O2. The lowest BCUT2D eigenvalue weighted by Crippen LogP contribution is -2.22. The predicted molar refractivity (Wildman–Crippen MR) is 130 cm³/mol. The summed E-state index contributed by atoms with van der Waals surface area (Å²) in [7, 11) is 0. The van der Waals surface area contributed by atoms with Crippen LogP contribution in [0.2, 0.25) is 0 Å². The van der Waals surface area contributed by atoms with E-state index in [0.717, 1.165) is 48.8 Å². The number of anilines is 1. The summed E-state index contributed by atoms with van der Waals surface area (Å²) in [6.45, 7) is -0.0766. The third-order valence-electron chi connectivity index (χ3n) is 7.38. The number of halogens is 5. The molecule has 2 aromatic carbocycles. The Morgan fingerprint density at radius 2 is 1.61 bits per heavy atom. The first kappa shape index (κ1) is 26.2. The third-order valence-corrected chi connectivity index (χ3v) is 7.38. The highest BCUT2D eigenvalue weighted by molar-refractivity contribution is 5.92. The fourth-order valence-electron chi connectivity index (χ4n) is 5.38. The minimum absolute atomic E-state index is 0.0766. The zero-order chi connectivity index (χ0) is 27.0. The van der Waals surface area contributed by atoms with E-state index in [9.17, 15) is 31.9 Å². The topological polar surface area (TPSA) is 75.1 Å². The summed E-state index contributed by atoms with van der Waals surface area (Å²) >= 11 is 0. The number of benzene rings is 2. The van der Waals surface area contributed by atoms with E-state index >= 15 is 0 Å². The molecule has 0 unspecified atom stereocenters. The van der Waals surface area contributed by atoms with Gasteiger partial charge in [0.05, 0.1) is 30.1 Å². The Labute approximate surface area is 216 Å². The number of aliphatic hydroxyl groups excluding tert-OH is 1. The highest BCUT2D eigenvalue weighted by Crippen LogP contribution is 2.35. The number of nitrogens with zero attached hydrogens (tertiary/aromatic N) is 2. The van der Waals surface area contributed by atoms with Crippen LogP contribution in [-0.2, 0) is 37.1 Å². The Kier molecular flexibility index (Phi) is 7.43. The number of aliphatic hydroxyl groups is 1. The summed E-state index contributed by atoms with van der Waals surface area (Å²) in [6.07, 6.45) is 5.94. The highest BCUT2D eigenvalue weighted by Gasteiger charge is 2.28. The van der Waals surface area contributed by atoms with E-state index < -0.39 is 47.0 Å². The van der Waals surface area contributed by atoms with Crippen LogP contribution >= 0.6 is 0 Å². The van der Waals surface area contributed by atoms with Crippen molar-refractivity contribution in [2.45, 2.75) is 64.4 Å². The number of hydrogen-bond acceptors (Lipinski definition) is 4. The molecule has 1 fully saturated rings. The summed E-state index contributed by atoms with van der Waals surface area (Å²) < 4.78 is 69.0. The monoisotopic (exact) mass is 531 g/mol. The Balaban J connectivity index is 1.49. The molecule has 0 radical (unpaired) electrons. The Bertz CT molecular complexity index is 1380. The lowest BCUT2D eigenvalue weighted by molar-refractivity contribution is -0.115. The molecule has 3 aromatic rings. The molecule has 2 N–H and O–H groups in total. The molecule has 0 saturated heterocycles. The van der Waals surface area contributed by atoms with Gasteiger partial charge in [-0.15, -0.1) is 0 Å². The number of aryl methyl sites for hydroxylation is 2. The van der Waals surface area contributed by atoms with Gasteiger partial charge in [-0.1, -0.05) is 50.3 Å². The van der Waals surface area contributed by atoms with Crippen molar-refractivity contribution >= 4 is 11.7 Å². The van der Waals surface area contributed by atoms with E-state index in [4.69, 9.17) is 4.98 Å². The molecule has 0 aliphatic heterocycles. The number of aromatic nitrogens is 2. The predicted octanol–water partition coefficient (Wildman–Crippen LogP) is 5.73. The summed E-state index contributed by atoms with van der Waals surface area (Å²) in [5.41, 5.74) is 3.34. The van der Waals surface area contributed by atoms with Crippen molar-refractivity contribution < 1.29 is 31.9 Å². The van der Waals surface area contributed by atoms with Crippen LogP contribution in [-0.4, -0.2) is 21.0 Å². The number of nitrogens with one attached hydrogen (secondary N) is 1. The van der Waals surface area contributed by atoms with Crippen LogP contribution in [0, 0.1) is 35.0 Å². The molecule has 0 spiro atoms. The van der Waals surface area contributed by atoms with Crippen LogP contribution in [0.4, 0.5) is 27.8 Å². The molecule has 5 rings (SSSR count). The quantitative estimate of drug-likeness (QED) is 0.242. The number of amides is 1. The maximum atomic E-state index is 14.2. The van der Waals surface area contributed by atoms with Crippen molar-refractivity contribution in [2.75, 3.05) is 5.32 Å². The first-order valence-corrected chi connectivity index (χ1v) is 12.7. The van der Waals surface area contributed by atoms with Crippen LogP contribution in [0.15, 0.2) is 18.2 Å². The second-order valence-electron chi connectivity index (χ2n) is 9.95. The molecule has 0 atom stereocenters. The molecule has 5 nitrogen and oxygen atoms in total. The average Bonchev–Trinajstić information content (AvgIpc) is 2.93. The molecule has 1 aromatic heterocycles. The van der Waals surface area contributed by atoms with E-state index in [2.05, 4.69) is 10.3 Å². The van der Waals surface area contributed by atoms with Gasteiger partial charge in [-0.05, 0) is 36.3 Å². The molecular weight excluding hydrogens is 505 g/mol. The van der Waals surface area contributed by atoms with E-state index in [1.165, 1.54) is 0 Å². The smallest absolute Gasteiger partial charge is 0.230 e. The molecule has 2 aliphatic carbocycles. The van der Waals surface area contributed by atoms with E-state index in [-0.39, 0.29) is 12.4 Å². The molecule has 38 heavy (non-hydrogen) atoms. The van der Waals surface area contributed by atoms with Gasteiger partial charge in [0, 0.05) is 11.1 Å². The number of carbonyl (C=O) groups is 1. The maximum absolute atomic E-state index is 14.2. The van der Waals surface area contributed by atoms with Crippen LogP contribution in [0.3, 0.4) is 0 Å². The first-order valence-electron chi connectivity index (χ1n) is 12.7. The first-order chi connectivity index (χ1) is 18.3. The van der Waals surface area contributed by atoms with Crippen LogP contribution < -0.4 is 5.32 Å². The van der Waals surface area contributed by atoms with Crippen molar-refractivity contribution in [2.24, 2.45) is 5.92 Å². The number of rotatable bonds is 6. The fourth-order valence-corrected chi connectivity index (χ4v) is 5.38. The van der Waals surface area contributed by atoms with Crippen molar-refractivity contribution in [3.8, 4) is 11.3 Å². The van der Waals surface area contributed by atoms with Gasteiger partial charge in [0.2, 0.25) is 11.7 Å². The van der Waals surface area contributed by atoms with Crippen LogP contribution in [0.1, 0.15) is 60.2 Å². The standard InChI is InChI=1S/C28H26F5N3O2/c29-22-18(23(30)25(32)26(33)24(22)31)12-21(38)36-28-20(11-14-4-2-1-3-5-14)34-27-17-8-6-15(13-37)10-16(17)7-9-19(27)35-28/h6,8,10,14,37H,1-5,7,9,11-13H2,(H,35,36,38). The summed E-state index contributed by atoms with van der Waals surface area (Å²) in [6, 6.07) is 5.63. The lowest BCUT2D eigenvalue weighted by Gasteiger charge is -2.25. The number of fused-ring (bicyclic) bond motifs is 3. The largest absolute Gasteiger partial charge is 0.392 e. The minimum Gasteiger partial charge on any atom is -0.392 e. The van der Waals surface area contributed by atoms with Crippen molar-refractivity contribution in [3.63, 3.8) is 0 Å². The van der Waals surface area contributed by atoms with Gasteiger partial charge < -0.3 is 10.4 Å². The maximum Gasteiger partial charge on any atom is 0.230 e. The van der Waals surface area contributed by atoms with E-state index in [1.807, 2.05) is 18.2 Å². The van der Waals surface area contributed by atoms with Gasteiger partial charge >= 0.3 is 0 Å². The second kappa shape index (κ2) is 10.8. The average molecular weight is 532 g/mol. The van der Waals surface area contributed by atoms with Crippen molar-refractivity contribution in [1.29, 1.82) is 0 Å². The molecule has 0 bridgehead atoms. The molecule has 1 saturated carbocycles. The fraction of sp³-hybridized carbons (Fsp3) is 0.393. The molecule has 200 valence electrons. The van der Waals surface area contributed by atoms with Crippen molar-refractivity contribution in [1.82, 2.24) is 9.97 Å². The number of hydrogen-bond donors (Lipinski definition) is 2. The van der Waals surface area contributed by atoms with Gasteiger partial charge in [0.25, 0.3) is 0 Å². The van der Waals surface area contributed by atoms with Crippen LogP contribution in [0.5, 0.6) is 0 Å². The molecule has 1 amide bonds. The van der Waals surface area contributed by atoms with Gasteiger partial charge in [-0.25, -0.2) is 31.9 Å². The lowest BCUT2D eigenvalue weighted by atomic mass is 9.85. The Morgan fingerprint density at radius 1 is 0.921 bits per heavy atom. The summed E-state index contributed by atoms with van der Waals surface area (Å²) in [4.78, 5) is 22.3. The van der Waals surface area contributed by atoms with Gasteiger partial charge in [0.15, 0.2) is 29.1 Å².